The number of carbonyl (C=O) groups is 1. The first kappa shape index (κ1) is 12.8. The summed E-state index contributed by atoms with van der Waals surface area (Å²) in [6.07, 6.45) is 3.13. The average molecular weight is 240 g/mol. The lowest BCUT2D eigenvalue weighted by Crippen LogP contribution is -2.56. The van der Waals surface area contributed by atoms with Gasteiger partial charge in [0.05, 0.1) is 17.6 Å². The molecule has 2 fully saturated rings. The Balaban J connectivity index is 2.03. The standard InChI is InChI=1S/C13H24N2O2/c1-9-7-15(8-13(2,3)17-9)12(16)10-5-4-6-11(10)14/h9-11H,4-8,14H2,1-3H3. The van der Waals surface area contributed by atoms with Gasteiger partial charge in [-0.1, -0.05) is 6.42 Å². The van der Waals surface area contributed by atoms with E-state index in [1.807, 2.05) is 25.7 Å². The summed E-state index contributed by atoms with van der Waals surface area (Å²) in [5.41, 5.74) is 5.77. The Labute approximate surface area is 103 Å². The van der Waals surface area contributed by atoms with Gasteiger partial charge in [-0.05, 0) is 33.6 Å². The highest BCUT2D eigenvalue weighted by atomic mass is 16.5. The Morgan fingerprint density at radius 1 is 1.41 bits per heavy atom. The monoisotopic (exact) mass is 240 g/mol. The number of carbonyl (C=O) groups excluding carboxylic acids is 1. The lowest BCUT2D eigenvalue weighted by Gasteiger charge is -2.42. The van der Waals surface area contributed by atoms with Gasteiger partial charge in [-0.15, -0.1) is 0 Å². The number of amides is 1. The van der Waals surface area contributed by atoms with Gasteiger partial charge < -0.3 is 15.4 Å². The highest BCUT2D eigenvalue weighted by molar-refractivity contribution is 5.80. The average Bonchev–Trinajstić information content (AvgIpc) is 2.60. The van der Waals surface area contributed by atoms with Crippen LogP contribution in [0.25, 0.3) is 0 Å². The molecule has 2 N–H and O–H groups in total. The van der Waals surface area contributed by atoms with Crippen LogP contribution in [0.3, 0.4) is 0 Å². The molecule has 1 saturated heterocycles. The van der Waals surface area contributed by atoms with Crippen molar-refractivity contribution in [2.45, 2.75) is 57.8 Å². The highest BCUT2D eigenvalue weighted by Crippen LogP contribution is 2.28. The molecule has 0 aromatic carbocycles. The van der Waals surface area contributed by atoms with Crippen LogP contribution in [0.15, 0.2) is 0 Å². The molecular formula is C13H24N2O2. The van der Waals surface area contributed by atoms with Crippen LogP contribution >= 0.6 is 0 Å². The molecule has 2 rings (SSSR count). The van der Waals surface area contributed by atoms with Gasteiger partial charge in [0, 0.05) is 19.1 Å². The van der Waals surface area contributed by atoms with E-state index in [1.54, 1.807) is 0 Å². The minimum atomic E-state index is -0.240. The van der Waals surface area contributed by atoms with Crippen LogP contribution in [0.1, 0.15) is 40.0 Å². The highest BCUT2D eigenvalue weighted by Gasteiger charge is 2.39. The summed E-state index contributed by atoms with van der Waals surface area (Å²) < 4.78 is 5.82. The van der Waals surface area contributed by atoms with Gasteiger partial charge in [0.25, 0.3) is 0 Å². The van der Waals surface area contributed by atoms with Crippen LogP contribution in [-0.4, -0.2) is 41.6 Å². The Bertz CT molecular complexity index is 304. The second kappa shape index (κ2) is 4.58. The number of hydrogen-bond acceptors (Lipinski definition) is 3. The number of hydrogen-bond donors (Lipinski definition) is 1. The van der Waals surface area contributed by atoms with E-state index in [2.05, 4.69) is 0 Å². The third-order valence-electron chi connectivity index (χ3n) is 3.77. The quantitative estimate of drug-likeness (QED) is 0.748. The van der Waals surface area contributed by atoms with Crippen molar-refractivity contribution in [2.24, 2.45) is 11.7 Å². The summed E-state index contributed by atoms with van der Waals surface area (Å²) in [5, 5.41) is 0. The van der Waals surface area contributed by atoms with Gasteiger partial charge in [-0.25, -0.2) is 0 Å². The molecule has 1 heterocycles. The lowest BCUT2D eigenvalue weighted by atomic mass is 9.99. The predicted molar refractivity (Wildman–Crippen MR) is 66.5 cm³/mol. The summed E-state index contributed by atoms with van der Waals surface area (Å²) in [7, 11) is 0. The van der Waals surface area contributed by atoms with Crippen LogP contribution in [-0.2, 0) is 9.53 Å². The SMILES string of the molecule is CC1CN(C(=O)C2CCCC2N)CC(C)(C)O1. The molecular weight excluding hydrogens is 216 g/mol. The molecule has 3 atom stereocenters. The molecule has 2 aliphatic rings. The van der Waals surface area contributed by atoms with Crippen molar-refractivity contribution in [1.29, 1.82) is 0 Å². The maximum absolute atomic E-state index is 12.4. The molecule has 4 nitrogen and oxygen atoms in total. The molecule has 3 unspecified atom stereocenters. The van der Waals surface area contributed by atoms with Crippen LogP contribution in [0, 0.1) is 5.92 Å². The van der Waals surface area contributed by atoms with E-state index in [-0.39, 0.29) is 29.6 Å². The number of nitrogens with zero attached hydrogens (tertiary/aromatic N) is 1. The maximum atomic E-state index is 12.4. The zero-order chi connectivity index (χ0) is 12.6. The van der Waals surface area contributed by atoms with E-state index in [0.29, 0.717) is 13.1 Å². The van der Waals surface area contributed by atoms with Crippen LogP contribution in [0.2, 0.25) is 0 Å². The first-order chi connectivity index (χ1) is 7.89. The fraction of sp³-hybridized carbons (Fsp3) is 0.923. The Morgan fingerprint density at radius 2 is 2.12 bits per heavy atom. The molecule has 0 bridgehead atoms. The molecule has 0 aromatic rings. The first-order valence-electron chi connectivity index (χ1n) is 6.61. The smallest absolute Gasteiger partial charge is 0.227 e. The second-order valence-corrected chi connectivity index (χ2v) is 6.11. The van der Waals surface area contributed by atoms with Crippen molar-refractivity contribution in [3.63, 3.8) is 0 Å². The molecule has 1 aliphatic carbocycles. The van der Waals surface area contributed by atoms with E-state index in [1.165, 1.54) is 0 Å². The zero-order valence-electron chi connectivity index (χ0n) is 11.1. The van der Waals surface area contributed by atoms with E-state index >= 15 is 0 Å². The van der Waals surface area contributed by atoms with Gasteiger partial charge >= 0.3 is 0 Å². The van der Waals surface area contributed by atoms with Crippen molar-refractivity contribution in [3.05, 3.63) is 0 Å². The van der Waals surface area contributed by atoms with Gasteiger partial charge in [-0.3, -0.25) is 4.79 Å². The van der Waals surface area contributed by atoms with Gasteiger partial charge in [-0.2, -0.15) is 0 Å². The summed E-state index contributed by atoms with van der Waals surface area (Å²) in [6.45, 7) is 7.48. The molecule has 1 amide bonds. The number of nitrogens with two attached hydrogens (primary N) is 1. The van der Waals surface area contributed by atoms with Crippen molar-refractivity contribution in [2.75, 3.05) is 13.1 Å². The largest absolute Gasteiger partial charge is 0.369 e. The number of rotatable bonds is 1. The molecule has 0 spiro atoms. The van der Waals surface area contributed by atoms with E-state index < -0.39 is 0 Å². The fourth-order valence-corrected chi connectivity index (χ4v) is 3.15. The topological polar surface area (TPSA) is 55.6 Å². The van der Waals surface area contributed by atoms with E-state index in [9.17, 15) is 4.79 Å². The third-order valence-corrected chi connectivity index (χ3v) is 3.77. The maximum Gasteiger partial charge on any atom is 0.227 e. The summed E-state index contributed by atoms with van der Waals surface area (Å²) >= 11 is 0. The minimum Gasteiger partial charge on any atom is -0.369 e. The van der Waals surface area contributed by atoms with Gasteiger partial charge in [0.1, 0.15) is 0 Å². The predicted octanol–water partition coefficient (Wildman–Crippen LogP) is 1.14. The molecule has 0 radical (unpaired) electrons. The van der Waals surface area contributed by atoms with Crippen molar-refractivity contribution in [3.8, 4) is 0 Å². The second-order valence-electron chi connectivity index (χ2n) is 6.11. The molecule has 4 heteroatoms. The van der Waals surface area contributed by atoms with Crippen LogP contribution < -0.4 is 5.73 Å². The third kappa shape index (κ3) is 2.80. The minimum absolute atomic E-state index is 0.0381. The first-order valence-corrected chi connectivity index (χ1v) is 6.61. The number of morpholine rings is 1. The molecule has 1 saturated carbocycles. The Morgan fingerprint density at radius 3 is 2.65 bits per heavy atom. The van der Waals surface area contributed by atoms with Crippen LogP contribution in [0.4, 0.5) is 0 Å². The summed E-state index contributed by atoms with van der Waals surface area (Å²) in [6, 6.07) is 0.0590. The fourth-order valence-electron chi connectivity index (χ4n) is 3.15. The van der Waals surface area contributed by atoms with Crippen molar-refractivity contribution < 1.29 is 9.53 Å². The molecule has 98 valence electrons. The molecule has 1 aliphatic heterocycles. The Kier molecular flexibility index (Phi) is 3.46. The van der Waals surface area contributed by atoms with Crippen LogP contribution in [0.5, 0.6) is 0 Å². The van der Waals surface area contributed by atoms with Crippen molar-refractivity contribution >= 4 is 5.91 Å². The molecule has 0 aromatic heterocycles. The van der Waals surface area contributed by atoms with Crippen molar-refractivity contribution in [1.82, 2.24) is 4.90 Å². The zero-order valence-corrected chi connectivity index (χ0v) is 11.1. The summed E-state index contributed by atoms with van der Waals surface area (Å²) in [5.74, 6) is 0.273. The normalized spacial score (nSPS) is 37.2. The van der Waals surface area contributed by atoms with Gasteiger partial charge in [0.15, 0.2) is 0 Å². The summed E-state index contributed by atoms with van der Waals surface area (Å²) in [4.78, 5) is 14.4. The Hall–Kier alpha value is -0.610. The van der Waals surface area contributed by atoms with E-state index in [0.717, 1.165) is 19.3 Å². The number of ether oxygens (including phenoxy) is 1. The van der Waals surface area contributed by atoms with E-state index in [4.69, 9.17) is 10.5 Å². The lowest BCUT2D eigenvalue weighted by molar-refractivity contribution is -0.161. The van der Waals surface area contributed by atoms with Gasteiger partial charge in [0.2, 0.25) is 5.91 Å². The molecule has 17 heavy (non-hydrogen) atoms.